The van der Waals surface area contributed by atoms with Crippen molar-refractivity contribution in [1.29, 1.82) is 0 Å². The summed E-state index contributed by atoms with van der Waals surface area (Å²) in [6.07, 6.45) is 3.53. The smallest absolute Gasteiger partial charge is 0.168 e. The van der Waals surface area contributed by atoms with E-state index in [1.165, 1.54) is 0 Å². The van der Waals surface area contributed by atoms with E-state index in [9.17, 15) is 4.79 Å². The summed E-state index contributed by atoms with van der Waals surface area (Å²) in [6.45, 7) is 0. The van der Waals surface area contributed by atoms with Gasteiger partial charge in [-0.25, -0.2) is 0 Å². The van der Waals surface area contributed by atoms with Crippen LogP contribution in [0.25, 0.3) is 0 Å². The Balaban J connectivity index is 2.18. The topological polar surface area (TPSA) is 48.4 Å². The molecule has 2 rings (SSSR count). The van der Waals surface area contributed by atoms with Gasteiger partial charge < -0.3 is 9.47 Å². The number of aromatic nitrogens is 1. The molecule has 98 valence electrons. The van der Waals surface area contributed by atoms with Crippen molar-refractivity contribution >= 4 is 5.78 Å². The minimum absolute atomic E-state index is 0.0281. The minimum Gasteiger partial charge on any atom is -0.493 e. The molecule has 1 heterocycles. The number of hydrogen-bond acceptors (Lipinski definition) is 4. The van der Waals surface area contributed by atoms with E-state index in [4.69, 9.17) is 9.47 Å². The van der Waals surface area contributed by atoms with E-state index < -0.39 is 0 Å². The quantitative estimate of drug-likeness (QED) is 0.772. The number of benzene rings is 1. The molecule has 0 spiro atoms. The van der Waals surface area contributed by atoms with E-state index in [1.54, 1.807) is 44.8 Å². The normalized spacial score (nSPS) is 10.0. The highest BCUT2D eigenvalue weighted by Gasteiger charge is 2.10. The van der Waals surface area contributed by atoms with E-state index >= 15 is 0 Å². The standard InChI is InChI=1S/C15H15NO3/c1-18-14-6-5-11(9-15(14)19-2)8-13(17)12-4-3-7-16-10-12/h3-7,9-10H,8H2,1-2H3. The van der Waals surface area contributed by atoms with Crippen molar-refractivity contribution in [3.05, 3.63) is 53.9 Å². The van der Waals surface area contributed by atoms with Crippen LogP contribution in [0.4, 0.5) is 0 Å². The lowest BCUT2D eigenvalue weighted by atomic mass is 10.0. The molecule has 0 N–H and O–H groups in total. The van der Waals surface area contributed by atoms with Crippen LogP contribution in [0.5, 0.6) is 11.5 Å². The Bertz CT molecular complexity index is 567. The van der Waals surface area contributed by atoms with E-state index in [-0.39, 0.29) is 5.78 Å². The van der Waals surface area contributed by atoms with E-state index in [0.717, 1.165) is 5.56 Å². The van der Waals surface area contributed by atoms with Gasteiger partial charge in [0, 0.05) is 24.4 Å². The van der Waals surface area contributed by atoms with Crippen LogP contribution in [-0.2, 0) is 6.42 Å². The molecule has 0 fully saturated rings. The first-order chi connectivity index (χ1) is 9.24. The van der Waals surface area contributed by atoms with Gasteiger partial charge in [-0.05, 0) is 29.8 Å². The van der Waals surface area contributed by atoms with Crippen molar-refractivity contribution in [2.24, 2.45) is 0 Å². The fraction of sp³-hybridized carbons (Fsp3) is 0.200. The van der Waals surface area contributed by atoms with Gasteiger partial charge in [0.05, 0.1) is 14.2 Å². The Labute approximate surface area is 112 Å². The highest BCUT2D eigenvalue weighted by Crippen LogP contribution is 2.27. The zero-order valence-electron chi connectivity index (χ0n) is 10.9. The average molecular weight is 257 g/mol. The number of rotatable bonds is 5. The fourth-order valence-corrected chi connectivity index (χ4v) is 1.81. The Morgan fingerprint density at radius 2 is 1.95 bits per heavy atom. The van der Waals surface area contributed by atoms with Crippen LogP contribution >= 0.6 is 0 Å². The highest BCUT2D eigenvalue weighted by molar-refractivity contribution is 5.97. The summed E-state index contributed by atoms with van der Waals surface area (Å²) in [5.41, 5.74) is 1.49. The molecule has 0 atom stereocenters. The van der Waals surface area contributed by atoms with Crippen LogP contribution < -0.4 is 9.47 Å². The number of hydrogen-bond donors (Lipinski definition) is 0. The van der Waals surface area contributed by atoms with Gasteiger partial charge in [0.15, 0.2) is 17.3 Å². The molecule has 0 aliphatic rings. The molecule has 1 aromatic carbocycles. The summed E-state index contributed by atoms with van der Waals surface area (Å²) in [7, 11) is 3.16. The van der Waals surface area contributed by atoms with Gasteiger partial charge in [0.2, 0.25) is 0 Å². The monoisotopic (exact) mass is 257 g/mol. The lowest BCUT2D eigenvalue weighted by molar-refractivity contribution is 0.0992. The molecule has 0 aliphatic carbocycles. The Hall–Kier alpha value is -2.36. The van der Waals surface area contributed by atoms with Gasteiger partial charge in [0.1, 0.15) is 0 Å². The number of carbonyl (C=O) groups excluding carboxylic acids is 1. The van der Waals surface area contributed by atoms with E-state index in [0.29, 0.717) is 23.5 Å². The summed E-state index contributed by atoms with van der Waals surface area (Å²) in [5.74, 6) is 1.30. The third kappa shape index (κ3) is 3.10. The first-order valence-corrected chi connectivity index (χ1v) is 5.88. The highest BCUT2D eigenvalue weighted by atomic mass is 16.5. The molecule has 4 nitrogen and oxygen atoms in total. The molecule has 0 unspecified atom stereocenters. The predicted octanol–water partition coefficient (Wildman–Crippen LogP) is 2.52. The molecule has 0 amide bonds. The summed E-state index contributed by atoms with van der Waals surface area (Å²) >= 11 is 0. The first-order valence-electron chi connectivity index (χ1n) is 5.88. The van der Waals surface area contributed by atoms with Crippen molar-refractivity contribution in [1.82, 2.24) is 4.98 Å². The largest absolute Gasteiger partial charge is 0.493 e. The molecular formula is C15H15NO3. The van der Waals surface area contributed by atoms with Crippen LogP contribution in [0, 0.1) is 0 Å². The number of methoxy groups -OCH3 is 2. The first kappa shape index (κ1) is 13.1. The molecule has 0 saturated heterocycles. The Morgan fingerprint density at radius 1 is 1.16 bits per heavy atom. The van der Waals surface area contributed by atoms with Gasteiger partial charge in [0.25, 0.3) is 0 Å². The van der Waals surface area contributed by atoms with Crippen molar-refractivity contribution in [2.75, 3.05) is 14.2 Å². The third-order valence-electron chi connectivity index (χ3n) is 2.80. The van der Waals surface area contributed by atoms with Crippen molar-refractivity contribution in [3.8, 4) is 11.5 Å². The van der Waals surface area contributed by atoms with Crippen LogP contribution in [0.15, 0.2) is 42.7 Å². The fourth-order valence-electron chi connectivity index (χ4n) is 1.81. The summed E-state index contributed by atoms with van der Waals surface area (Å²) in [6, 6.07) is 8.98. The number of Topliss-reactive ketones (excluding diaryl/α,β-unsaturated/α-hetero) is 1. The maximum Gasteiger partial charge on any atom is 0.168 e. The van der Waals surface area contributed by atoms with Crippen LogP contribution in [-0.4, -0.2) is 25.0 Å². The Kier molecular flexibility index (Phi) is 4.13. The van der Waals surface area contributed by atoms with Gasteiger partial charge >= 0.3 is 0 Å². The van der Waals surface area contributed by atoms with E-state index in [2.05, 4.69) is 4.98 Å². The van der Waals surface area contributed by atoms with Crippen LogP contribution in [0.1, 0.15) is 15.9 Å². The number of carbonyl (C=O) groups is 1. The lowest BCUT2D eigenvalue weighted by Gasteiger charge is -2.09. The second-order valence-corrected chi connectivity index (χ2v) is 4.03. The Morgan fingerprint density at radius 3 is 2.58 bits per heavy atom. The molecule has 0 bridgehead atoms. The van der Waals surface area contributed by atoms with Crippen molar-refractivity contribution < 1.29 is 14.3 Å². The molecule has 2 aromatic rings. The van der Waals surface area contributed by atoms with Gasteiger partial charge in [-0.15, -0.1) is 0 Å². The zero-order chi connectivity index (χ0) is 13.7. The molecule has 0 saturated carbocycles. The van der Waals surface area contributed by atoms with Gasteiger partial charge in [-0.3, -0.25) is 9.78 Å². The third-order valence-corrected chi connectivity index (χ3v) is 2.80. The van der Waals surface area contributed by atoms with Crippen molar-refractivity contribution in [3.63, 3.8) is 0 Å². The van der Waals surface area contributed by atoms with Gasteiger partial charge in [-0.1, -0.05) is 6.07 Å². The van der Waals surface area contributed by atoms with Crippen LogP contribution in [0.3, 0.4) is 0 Å². The van der Waals surface area contributed by atoms with Crippen molar-refractivity contribution in [2.45, 2.75) is 6.42 Å². The molecule has 1 aromatic heterocycles. The molecular weight excluding hydrogens is 242 g/mol. The van der Waals surface area contributed by atoms with Gasteiger partial charge in [-0.2, -0.15) is 0 Å². The number of ketones is 1. The SMILES string of the molecule is COc1ccc(CC(=O)c2cccnc2)cc1OC. The molecule has 19 heavy (non-hydrogen) atoms. The van der Waals surface area contributed by atoms with E-state index in [1.807, 2.05) is 12.1 Å². The molecule has 0 radical (unpaired) electrons. The maximum absolute atomic E-state index is 12.1. The summed E-state index contributed by atoms with van der Waals surface area (Å²) < 4.78 is 10.4. The van der Waals surface area contributed by atoms with Crippen LogP contribution in [0.2, 0.25) is 0 Å². The molecule has 4 heteroatoms. The summed E-state index contributed by atoms with van der Waals surface area (Å²) in [5, 5.41) is 0. The number of ether oxygens (including phenoxy) is 2. The second kappa shape index (κ2) is 6.00. The predicted molar refractivity (Wildman–Crippen MR) is 71.8 cm³/mol. The minimum atomic E-state index is 0.0281. The zero-order valence-corrected chi connectivity index (χ0v) is 10.9. The number of pyridine rings is 1. The average Bonchev–Trinajstić information content (AvgIpc) is 2.48. The maximum atomic E-state index is 12.1. The summed E-state index contributed by atoms with van der Waals surface area (Å²) in [4.78, 5) is 16.0. The second-order valence-electron chi connectivity index (χ2n) is 4.03. The molecule has 0 aliphatic heterocycles. The lowest BCUT2D eigenvalue weighted by Crippen LogP contribution is -2.04. The number of nitrogens with zero attached hydrogens (tertiary/aromatic N) is 1.